The van der Waals surface area contributed by atoms with Gasteiger partial charge in [0.15, 0.2) is 6.10 Å². The third-order valence-electron chi connectivity index (χ3n) is 4.30. The number of anilines is 1. The molecule has 0 radical (unpaired) electrons. The number of benzene rings is 3. The molecule has 0 heterocycles. The fourth-order valence-corrected chi connectivity index (χ4v) is 3.07. The second kappa shape index (κ2) is 9.26. The molecule has 6 heteroatoms. The zero-order valence-corrected chi connectivity index (χ0v) is 16.8. The Morgan fingerprint density at radius 2 is 1.83 bits per heavy atom. The van der Waals surface area contributed by atoms with E-state index in [1.54, 1.807) is 24.3 Å². The molecule has 3 aromatic carbocycles. The molecule has 0 aliphatic rings. The van der Waals surface area contributed by atoms with Crippen LogP contribution in [0.2, 0.25) is 5.02 Å². The Kier molecular flexibility index (Phi) is 6.52. The van der Waals surface area contributed by atoms with Gasteiger partial charge >= 0.3 is 5.97 Å². The number of rotatable bonds is 6. The summed E-state index contributed by atoms with van der Waals surface area (Å²) in [4.78, 5) is 24.4. The number of methoxy groups -OCH3 is 1. The SMILES string of the molecule is COc1ccc(NC(=O)C(C)OC(=O)/C=C/c2cccc3ccccc23)cc1Cl. The van der Waals surface area contributed by atoms with E-state index in [9.17, 15) is 9.59 Å². The van der Waals surface area contributed by atoms with Crippen molar-refractivity contribution < 1.29 is 19.1 Å². The fraction of sp³-hybridized carbons (Fsp3) is 0.130. The molecule has 0 saturated carbocycles. The molecule has 148 valence electrons. The first-order chi connectivity index (χ1) is 14.0. The van der Waals surface area contributed by atoms with Crippen molar-refractivity contribution in [3.8, 4) is 5.75 Å². The summed E-state index contributed by atoms with van der Waals surface area (Å²) in [6.07, 6.45) is 2.02. The number of hydrogen-bond donors (Lipinski definition) is 1. The van der Waals surface area contributed by atoms with Gasteiger partial charge in [-0.05, 0) is 47.5 Å². The molecule has 0 bridgehead atoms. The highest BCUT2D eigenvalue weighted by Gasteiger charge is 2.17. The molecule has 1 N–H and O–H groups in total. The number of ether oxygens (including phenoxy) is 2. The minimum atomic E-state index is -0.972. The van der Waals surface area contributed by atoms with Crippen molar-refractivity contribution in [1.29, 1.82) is 0 Å². The van der Waals surface area contributed by atoms with Crippen LogP contribution in [0.1, 0.15) is 12.5 Å². The predicted molar refractivity (Wildman–Crippen MR) is 115 cm³/mol. The van der Waals surface area contributed by atoms with Crippen LogP contribution in [-0.4, -0.2) is 25.1 Å². The molecule has 1 unspecified atom stereocenters. The summed E-state index contributed by atoms with van der Waals surface area (Å²) < 4.78 is 10.3. The van der Waals surface area contributed by atoms with E-state index >= 15 is 0 Å². The van der Waals surface area contributed by atoms with Crippen molar-refractivity contribution in [2.24, 2.45) is 0 Å². The van der Waals surface area contributed by atoms with Crippen molar-refractivity contribution >= 4 is 46.0 Å². The fourth-order valence-electron chi connectivity index (χ4n) is 2.81. The summed E-state index contributed by atoms with van der Waals surface area (Å²) in [6, 6.07) is 18.6. The average molecular weight is 410 g/mol. The Balaban J connectivity index is 1.61. The normalized spacial score (nSPS) is 12.0. The monoisotopic (exact) mass is 409 g/mol. The minimum absolute atomic E-state index is 0.368. The third kappa shape index (κ3) is 5.15. The first-order valence-corrected chi connectivity index (χ1v) is 9.36. The molecular weight excluding hydrogens is 390 g/mol. The lowest BCUT2D eigenvalue weighted by Crippen LogP contribution is -2.29. The number of hydrogen-bond acceptors (Lipinski definition) is 4. The summed E-state index contributed by atoms with van der Waals surface area (Å²) >= 11 is 6.05. The van der Waals surface area contributed by atoms with Crippen LogP contribution in [0.3, 0.4) is 0 Å². The first-order valence-electron chi connectivity index (χ1n) is 8.99. The topological polar surface area (TPSA) is 64.6 Å². The minimum Gasteiger partial charge on any atom is -0.495 e. The zero-order chi connectivity index (χ0) is 20.8. The average Bonchev–Trinajstić information content (AvgIpc) is 2.72. The van der Waals surface area contributed by atoms with Gasteiger partial charge < -0.3 is 14.8 Å². The van der Waals surface area contributed by atoms with E-state index < -0.39 is 18.0 Å². The molecule has 3 aromatic rings. The van der Waals surface area contributed by atoms with Crippen LogP contribution in [0.4, 0.5) is 5.69 Å². The number of carbonyl (C=O) groups excluding carboxylic acids is 2. The zero-order valence-electron chi connectivity index (χ0n) is 16.0. The van der Waals surface area contributed by atoms with Gasteiger partial charge in [0.05, 0.1) is 12.1 Å². The Morgan fingerprint density at radius 3 is 2.59 bits per heavy atom. The van der Waals surface area contributed by atoms with Crippen LogP contribution in [0.15, 0.2) is 66.7 Å². The van der Waals surface area contributed by atoms with Gasteiger partial charge in [-0.25, -0.2) is 4.79 Å². The molecule has 0 aromatic heterocycles. The van der Waals surface area contributed by atoms with Crippen LogP contribution in [0.5, 0.6) is 5.75 Å². The summed E-state index contributed by atoms with van der Waals surface area (Å²) in [7, 11) is 1.51. The summed E-state index contributed by atoms with van der Waals surface area (Å²) in [5, 5.41) is 5.13. The molecule has 0 aliphatic carbocycles. The molecule has 29 heavy (non-hydrogen) atoms. The van der Waals surface area contributed by atoms with Crippen LogP contribution in [-0.2, 0) is 14.3 Å². The predicted octanol–water partition coefficient (Wildman–Crippen LogP) is 5.09. The Hall–Kier alpha value is -3.31. The standard InChI is InChI=1S/C23H20ClNO4/c1-15(23(27)25-18-11-12-21(28-2)20(24)14-18)29-22(26)13-10-17-8-5-7-16-6-3-4-9-19(16)17/h3-15H,1-2H3,(H,25,27)/b13-10+. The van der Waals surface area contributed by atoms with E-state index in [2.05, 4.69) is 5.32 Å². The second-order valence-corrected chi connectivity index (χ2v) is 6.73. The van der Waals surface area contributed by atoms with Crippen LogP contribution in [0, 0.1) is 0 Å². The molecule has 0 spiro atoms. The number of amides is 1. The number of nitrogens with one attached hydrogen (secondary N) is 1. The van der Waals surface area contributed by atoms with E-state index in [-0.39, 0.29) is 0 Å². The maximum Gasteiger partial charge on any atom is 0.331 e. The van der Waals surface area contributed by atoms with Crippen molar-refractivity contribution in [2.45, 2.75) is 13.0 Å². The maximum absolute atomic E-state index is 12.3. The van der Waals surface area contributed by atoms with Crippen molar-refractivity contribution in [1.82, 2.24) is 0 Å². The van der Waals surface area contributed by atoms with Gasteiger partial charge in [-0.3, -0.25) is 4.79 Å². The van der Waals surface area contributed by atoms with Gasteiger partial charge in [0.1, 0.15) is 5.75 Å². The van der Waals surface area contributed by atoms with Gasteiger partial charge in [0, 0.05) is 11.8 Å². The van der Waals surface area contributed by atoms with E-state index in [0.29, 0.717) is 16.5 Å². The lowest BCUT2D eigenvalue weighted by atomic mass is 10.0. The number of fused-ring (bicyclic) bond motifs is 1. The van der Waals surface area contributed by atoms with E-state index in [1.807, 2.05) is 42.5 Å². The van der Waals surface area contributed by atoms with E-state index in [1.165, 1.54) is 20.1 Å². The van der Waals surface area contributed by atoms with Crippen LogP contribution in [0.25, 0.3) is 16.8 Å². The molecule has 0 saturated heterocycles. The second-order valence-electron chi connectivity index (χ2n) is 6.32. The van der Waals surface area contributed by atoms with Gasteiger partial charge in [-0.1, -0.05) is 54.1 Å². The van der Waals surface area contributed by atoms with Gasteiger partial charge in [0.25, 0.3) is 5.91 Å². The van der Waals surface area contributed by atoms with Crippen LogP contribution < -0.4 is 10.1 Å². The van der Waals surface area contributed by atoms with Gasteiger partial charge in [-0.2, -0.15) is 0 Å². The quantitative estimate of drug-likeness (QED) is 0.455. The summed E-state index contributed by atoms with van der Waals surface area (Å²) in [6.45, 7) is 1.50. The molecule has 1 atom stereocenters. The lowest BCUT2D eigenvalue weighted by molar-refractivity contribution is -0.148. The molecular formula is C23H20ClNO4. The summed E-state index contributed by atoms with van der Waals surface area (Å²) in [5.74, 6) is -0.561. The molecule has 0 aliphatic heterocycles. The smallest absolute Gasteiger partial charge is 0.331 e. The van der Waals surface area contributed by atoms with Crippen LogP contribution >= 0.6 is 11.6 Å². The molecule has 1 amide bonds. The molecule has 3 rings (SSSR count). The summed E-state index contributed by atoms with van der Waals surface area (Å²) in [5.41, 5.74) is 1.38. The first kappa shape index (κ1) is 20.4. The highest BCUT2D eigenvalue weighted by Crippen LogP contribution is 2.27. The Morgan fingerprint density at radius 1 is 1.07 bits per heavy atom. The maximum atomic E-state index is 12.3. The van der Waals surface area contributed by atoms with E-state index in [0.717, 1.165) is 16.3 Å². The highest BCUT2D eigenvalue weighted by molar-refractivity contribution is 6.32. The van der Waals surface area contributed by atoms with Gasteiger partial charge in [-0.15, -0.1) is 0 Å². The number of carbonyl (C=O) groups is 2. The Labute approximate surface area is 173 Å². The Bertz CT molecular complexity index is 1070. The number of halogens is 1. The molecule has 5 nitrogen and oxygen atoms in total. The largest absolute Gasteiger partial charge is 0.495 e. The molecule has 0 fully saturated rings. The lowest BCUT2D eigenvalue weighted by Gasteiger charge is -2.13. The third-order valence-corrected chi connectivity index (χ3v) is 4.60. The van der Waals surface area contributed by atoms with Gasteiger partial charge in [0.2, 0.25) is 0 Å². The van der Waals surface area contributed by atoms with E-state index in [4.69, 9.17) is 21.1 Å². The van der Waals surface area contributed by atoms with Crippen molar-refractivity contribution in [2.75, 3.05) is 12.4 Å². The highest BCUT2D eigenvalue weighted by atomic mass is 35.5. The number of esters is 1. The van der Waals surface area contributed by atoms with Crippen molar-refractivity contribution in [3.05, 3.63) is 77.3 Å². The van der Waals surface area contributed by atoms with Crippen molar-refractivity contribution in [3.63, 3.8) is 0 Å².